The third kappa shape index (κ3) is 2.16. The molecule has 2 rings (SSSR count). The minimum atomic E-state index is -1.09. The lowest BCUT2D eigenvalue weighted by Crippen LogP contribution is -2.57. The van der Waals surface area contributed by atoms with Gasteiger partial charge in [0.05, 0.1) is 5.41 Å². The Morgan fingerprint density at radius 1 is 1.47 bits per heavy atom. The number of amides is 1. The molecular formula is C12H20N2O3. The van der Waals surface area contributed by atoms with Crippen molar-refractivity contribution in [1.29, 1.82) is 0 Å². The largest absolute Gasteiger partial charge is 0.480 e. The van der Waals surface area contributed by atoms with Crippen LogP contribution in [-0.4, -0.2) is 35.6 Å². The Bertz CT molecular complexity index is 346. The van der Waals surface area contributed by atoms with Gasteiger partial charge in [-0.2, -0.15) is 0 Å². The first kappa shape index (κ1) is 12.4. The van der Waals surface area contributed by atoms with Gasteiger partial charge in [0.2, 0.25) is 5.91 Å². The molecule has 2 unspecified atom stereocenters. The van der Waals surface area contributed by atoms with E-state index in [0.717, 1.165) is 25.8 Å². The predicted molar refractivity (Wildman–Crippen MR) is 62.5 cm³/mol. The number of aliphatic carboxylic acids is 1. The van der Waals surface area contributed by atoms with E-state index in [1.807, 2.05) is 6.92 Å². The molecule has 3 N–H and O–H groups in total. The normalized spacial score (nSPS) is 31.9. The number of rotatable bonds is 4. The van der Waals surface area contributed by atoms with Crippen LogP contribution < -0.4 is 10.6 Å². The van der Waals surface area contributed by atoms with Crippen LogP contribution in [0.5, 0.6) is 0 Å². The predicted octanol–water partition coefficient (Wildman–Crippen LogP) is 0.355. The highest BCUT2D eigenvalue weighted by Gasteiger charge is 2.50. The summed E-state index contributed by atoms with van der Waals surface area (Å²) < 4.78 is 0. The zero-order chi connectivity index (χ0) is 12.7. The van der Waals surface area contributed by atoms with Gasteiger partial charge in [0.15, 0.2) is 0 Å². The van der Waals surface area contributed by atoms with Crippen LogP contribution in [0.3, 0.4) is 0 Å². The van der Waals surface area contributed by atoms with E-state index in [4.69, 9.17) is 0 Å². The highest BCUT2D eigenvalue weighted by molar-refractivity contribution is 5.90. The standard InChI is InChI=1S/C12H20N2O3/c1-11(5-6-13-7-11)9(15)14-12(2,10(16)17)8-3-4-8/h8,13H,3-7H2,1-2H3,(H,14,15)(H,16,17). The van der Waals surface area contributed by atoms with E-state index in [9.17, 15) is 14.7 Å². The summed E-state index contributed by atoms with van der Waals surface area (Å²) in [5.41, 5.74) is -1.56. The van der Waals surface area contributed by atoms with Crippen molar-refractivity contribution in [1.82, 2.24) is 10.6 Å². The molecule has 0 aromatic heterocycles. The first-order valence-corrected chi connectivity index (χ1v) is 6.15. The molecule has 2 atom stereocenters. The molecular weight excluding hydrogens is 220 g/mol. The molecule has 5 nitrogen and oxygen atoms in total. The molecule has 1 saturated heterocycles. The molecule has 1 heterocycles. The Hall–Kier alpha value is -1.10. The van der Waals surface area contributed by atoms with Crippen LogP contribution in [-0.2, 0) is 9.59 Å². The van der Waals surface area contributed by atoms with E-state index >= 15 is 0 Å². The molecule has 0 spiro atoms. The van der Waals surface area contributed by atoms with Crippen LogP contribution in [0.4, 0.5) is 0 Å². The van der Waals surface area contributed by atoms with Crippen molar-refractivity contribution in [3.8, 4) is 0 Å². The maximum atomic E-state index is 12.2. The maximum Gasteiger partial charge on any atom is 0.329 e. The van der Waals surface area contributed by atoms with Crippen molar-refractivity contribution in [3.05, 3.63) is 0 Å². The van der Waals surface area contributed by atoms with Crippen molar-refractivity contribution in [2.24, 2.45) is 11.3 Å². The lowest BCUT2D eigenvalue weighted by Gasteiger charge is -2.31. The fraction of sp³-hybridized carbons (Fsp3) is 0.833. The molecule has 2 fully saturated rings. The molecule has 1 aliphatic carbocycles. The van der Waals surface area contributed by atoms with E-state index in [-0.39, 0.29) is 11.8 Å². The molecule has 1 aliphatic heterocycles. The highest BCUT2D eigenvalue weighted by Crippen LogP contribution is 2.40. The molecule has 0 aromatic carbocycles. The minimum absolute atomic E-state index is 0.0851. The summed E-state index contributed by atoms with van der Waals surface area (Å²) in [6.07, 6.45) is 2.54. The van der Waals surface area contributed by atoms with E-state index in [1.165, 1.54) is 0 Å². The summed E-state index contributed by atoms with van der Waals surface area (Å²) >= 11 is 0. The molecule has 0 radical (unpaired) electrons. The van der Waals surface area contributed by atoms with Gasteiger partial charge in [-0.1, -0.05) is 0 Å². The van der Waals surface area contributed by atoms with Crippen molar-refractivity contribution in [2.75, 3.05) is 13.1 Å². The van der Waals surface area contributed by atoms with Crippen LogP contribution in [0.2, 0.25) is 0 Å². The number of hydrogen-bond donors (Lipinski definition) is 3. The Morgan fingerprint density at radius 3 is 2.53 bits per heavy atom. The SMILES string of the molecule is CC1(C(=O)NC(C)(C(=O)O)C2CC2)CCNC1. The smallest absolute Gasteiger partial charge is 0.329 e. The zero-order valence-electron chi connectivity index (χ0n) is 10.4. The minimum Gasteiger partial charge on any atom is -0.480 e. The molecule has 1 amide bonds. The Morgan fingerprint density at radius 2 is 2.12 bits per heavy atom. The van der Waals surface area contributed by atoms with Gasteiger partial charge in [-0.25, -0.2) is 4.79 Å². The molecule has 5 heteroatoms. The average Bonchev–Trinajstić information content (AvgIpc) is 3.02. The van der Waals surface area contributed by atoms with Gasteiger partial charge in [-0.05, 0) is 45.6 Å². The lowest BCUT2D eigenvalue weighted by atomic mass is 9.86. The van der Waals surface area contributed by atoms with Crippen molar-refractivity contribution < 1.29 is 14.7 Å². The van der Waals surface area contributed by atoms with E-state index in [1.54, 1.807) is 6.92 Å². The summed E-state index contributed by atoms with van der Waals surface area (Å²) in [4.78, 5) is 23.5. The highest BCUT2D eigenvalue weighted by atomic mass is 16.4. The third-order valence-corrected chi connectivity index (χ3v) is 4.13. The number of carbonyl (C=O) groups excluding carboxylic acids is 1. The summed E-state index contributed by atoms with van der Waals surface area (Å²) in [7, 11) is 0. The molecule has 96 valence electrons. The number of carboxylic acid groups (broad SMARTS) is 1. The van der Waals surface area contributed by atoms with Gasteiger partial charge < -0.3 is 15.7 Å². The monoisotopic (exact) mass is 240 g/mol. The maximum absolute atomic E-state index is 12.2. The topological polar surface area (TPSA) is 78.4 Å². The molecule has 17 heavy (non-hydrogen) atoms. The van der Waals surface area contributed by atoms with Gasteiger partial charge in [0.1, 0.15) is 5.54 Å². The van der Waals surface area contributed by atoms with Crippen LogP contribution in [0.1, 0.15) is 33.1 Å². The van der Waals surface area contributed by atoms with Gasteiger partial charge in [0, 0.05) is 6.54 Å². The average molecular weight is 240 g/mol. The second-order valence-electron chi connectivity index (χ2n) is 5.72. The quantitative estimate of drug-likeness (QED) is 0.663. The summed E-state index contributed by atoms with van der Waals surface area (Å²) in [5.74, 6) is -0.982. The van der Waals surface area contributed by atoms with Crippen LogP contribution in [0, 0.1) is 11.3 Å². The van der Waals surface area contributed by atoms with Gasteiger partial charge in [-0.15, -0.1) is 0 Å². The summed E-state index contributed by atoms with van der Waals surface area (Å²) in [6, 6.07) is 0. The van der Waals surface area contributed by atoms with Gasteiger partial charge in [-0.3, -0.25) is 4.79 Å². The molecule has 0 aromatic rings. The lowest BCUT2D eigenvalue weighted by molar-refractivity contribution is -0.149. The zero-order valence-corrected chi connectivity index (χ0v) is 10.4. The van der Waals surface area contributed by atoms with Crippen LogP contribution in [0.25, 0.3) is 0 Å². The van der Waals surface area contributed by atoms with Crippen molar-refractivity contribution in [2.45, 2.75) is 38.6 Å². The van der Waals surface area contributed by atoms with Crippen LogP contribution >= 0.6 is 0 Å². The van der Waals surface area contributed by atoms with Gasteiger partial charge >= 0.3 is 5.97 Å². The first-order valence-electron chi connectivity index (χ1n) is 6.15. The van der Waals surface area contributed by atoms with Crippen LogP contribution in [0.15, 0.2) is 0 Å². The number of carboxylic acids is 1. The van der Waals surface area contributed by atoms with E-state index in [2.05, 4.69) is 10.6 Å². The van der Waals surface area contributed by atoms with Crippen molar-refractivity contribution >= 4 is 11.9 Å². The first-order chi connectivity index (χ1) is 7.88. The van der Waals surface area contributed by atoms with E-state index in [0.29, 0.717) is 6.54 Å². The second-order valence-corrected chi connectivity index (χ2v) is 5.72. The fourth-order valence-corrected chi connectivity index (χ4v) is 2.39. The second kappa shape index (κ2) is 3.98. The summed E-state index contributed by atoms with van der Waals surface area (Å²) in [6.45, 7) is 4.95. The fourth-order valence-electron chi connectivity index (χ4n) is 2.39. The Labute approximate surface area is 101 Å². The molecule has 0 bridgehead atoms. The van der Waals surface area contributed by atoms with E-state index < -0.39 is 16.9 Å². The molecule has 2 aliphatic rings. The van der Waals surface area contributed by atoms with Crippen molar-refractivity contribution in [3.63, 3.8) is 0 Å². The summed E-state index contributed by atoms with van der Waals surface area (Å²) in [5, 5.41) is 15.2. The Balaban J connectivity index is 2.08. The third-order valence-electron chi connectivity index (χ3n) is 4.13. The Kier molecular flexibility index (Phi) is 2.89. The number of nitrogens with one attached hydrogen (secondary N) is 2. The number of carbonyl (C=O) groups is 2. The molecule has 1 saturated carbocycles. The number of hydrogen-bond acceptors (Lipinski definition) is 3. The van der Waals surface area contributed by atoms with Gasteiger partial charge in [0.25, 0.3) is 0 Å².